The van der Waals surface area contributed by atoms with E-state index >= 15 is 0 Å². The summed E-state index contributed by atoms with van der Waals surface area (Å²) in [5, 5.41) is 0. The van der Waals surface area contributed by atoms with Crippen molar-refractivity contribution in [2.75, 3.05) is 26.9 Å². The van der Waals surface area contributed by atoms with Crippen LogP contribution in [-0.2, 0) is 14.8 Å². The number of hydrogen-bond acceptors (Lipinski definition) is 5. The predicted octanol–water partition coefficient (Wildman–Crippen LogP) is 0.171. The molecule has 1 aromatic rings. The molecule has 9 heteroatoms. The van der Waals surface area contributed by atoms with Crippen molar-refractivity contribution in [1.82, 2.24) is 9.62 Å². The molecule has 1 unspecified atom stereocenters. The van der Waals surface area contributed by atoms with Gasteiger partial charge in [-0.25, -0.2) is 12.8 Å². The van der Waals surface area contributed by atoms with Gasteiger partial charge in [-0.15, -0.1) is 0 Å². The number of carbonyl (C=O) groups is 1. The summed E-state index contributed by atoms with van der Waals surface area (Å²) < 4.78 is 44.8. The zero-order valence-corrected chi connectivity index (χ0v) is 13.0. The van der Waals surface area contributed by atoms with Crippen molar-refractivity contribution in [1.29, 1.82) is 0 Å². The molecule has 118 valence electrons. The number of ether oxygens (including phenoxy) is 1. The first-order valence-electron chi connectivity index (χ1n) is 5.96. The van der Waals surface area contributed by atoms with Gasteiger partial charge in [-0.3, -0.25) is 4.79 Å². The molecule has 0 aromatic heterocycles. The van der Waals surface area contributed by atoms with E-state index in [1.54, 1.807) is 0 Å². The Morgan fingerprint density at radius 2 is 2.00 bits per heavy atom. The summed E-state index contributed by atoms with van der Waals surface area (Å²) in [6.07, 6.45) is 0. The summed E-state index contributed by atoms with van der Waals surface area (Å²) in [5.41, 5.74) is 5.39. The Morgan fingerprint density at radius 1 is 1.43 bits per heavy atom. The van der Waals surface area contributed by atoms with Crippen LogP contribution < -0.4 is 15.2 Å². The second kappa shape index (κ2) is 6.27. The van der Waals surface area contributed by atoms with Crippen LogP contribution in [0.5, 0.6) is 5.75 Å². The molecule has 1 aromatic carbocycles. The van der Waals surface area contributed by atoms with Crippen LogP contribution in [0.2, 0.25) is 0 Å². The van der Waals surface area contributed by atoms with Gasteiger partial charge in [0.25, 0.3) is 0 Å². The van der Waals surface area contributed by atoms with E-state index in [2.05, 4.69) is 4.72 Å². The minimum Gasteiger partial charge on any atom is -0.492 e. The summed E-state index contributed by atoms with van der Waals surface area (Å²) >= 11 is 0. The molecule has 0 aliphatic rings. The molecule has 0 heterocycles. The minimum absolute atomic E-state index is 0.149. The fourth-order valence-electron chi connectivity index (χ4n) is 1.70. The SMILES string of the molecule is COc1c(N)cc(S(=O)(=O)NC(C)C(=O)N(C)C)cc1F. The highest BCUT2D eigenvalue weighted by Gasteiger charge is 2.25. The van der Waals surface area contributed by atoms with Gasteiger partial charge in [0.2, 0.25) is 15.9 Å². The third-order valence-corrected chi connectivity index (χ3v) is 4.22. The average Bonchev–Trinajstić information content (AvgIpc) is 2.36. The van der Waals surface area contributed by atoms with Gasteiger partial charge in [0.1, 0.15) is 0 Å². The number of halogens is 1. The number of amides is 1. The van der Waals surface area contributed by atoms with E-state index in [1.807, 2.05) is 0 Å². The molecule has 1 rings (SSSR count). The zero-order valence-electron chi connectivity index (χ0n) is 12.2. The Balaban J connectivity index is 3.12. The van der Waals surface area contributed by atoms with Crippen LogP contribution in [0.15, 0.2) is 17.0 Å². The second-order valence-corrected chi connectivity index (χ2v) is 6.32. The van der Waals surface area contributed by atoms with Crippen LogP contribution in [-0.4, -0.2) is 46.5 Å². The van der Waals surface area contributed by atoms with E-state index in [-0.39, 0.29) is 16.3 Å². The van der Waals surface area contributed by atoms with Gasteiger partial charge in [0.15, 0.2) is 11.6 Å². The number of nitrogens with zero attached hydrogens (tertiary/aromatic N) is 1. The summed E-state index contributed by atoms with van der Waals surface area (Å²) in [6.45, 7) is 1.39. The number of likely N-dealkylation sites (N-methyl/N-ethyl adjacent to an activating group) is 1. The zero-order chi connectivity index (χ0) is 16.4. The van der Waals surface area contributed by atoms with Crippen LogP contribution in [0.4, 0.5) is 10.1 Å². The van der Waals surface area contributed by atoms with E-state index in [9.17, 15) is 17.6 Å². The molecular weight excluding hydrogens is 301 g/mol. The molecule has 21 heavy (non-hydrogen) atoms. The summed E-state index contributed by atoms with van der Waals surface area (Å²) in [5.74, 6) is -1.56. The first-order chi connectivity index (χ1) is 9.60. The number of nitrogens with two attached hydrogens (primary N) is 1. The van der Waals surface area contributed by atoms with Crippen molar-refractivity contribution in [2.24, 2.45) is 0 Å². The molecule has 1 amide bonds. The maximum atomic E-state index is 13.7. The normalized spacial score (nSPS) is 12.8. The third kappa shape index (κ3) is 3.82. The standard InChI is InChI=1S/C12H18FN3O4S/c1-7(12(17)16(2)3)15-21(18,19)8-5-9(13)11(20-4)10(14)6-8/h5-7,15H,14H2,1-4H3. The lowest BCUT2D eigenvalue weighted by atomic mass is 10.3. The van der Waals surface area contributed by atoms with Crippen LogP contribution in [0, 0.1) is 5.82 Å². The number of nitrogens with one attached hydrogen (secondary N) is 1. The molecule has 7 nitrogen and oxygen atoms in total. The maximum Gasteiger partial charge on any atom is 0.241 e. The number of hydrogen-bond donors (Lipinski definition) is 2. The third-order valence-electron chi connectivity index (χ3n) is 2.70. The highest BCUT2D eigenvalue weighted by atomic mass is 32.2. The van der Waals surface area contributed by atoms with Crippen LogP contribution >= 0.6 is 0 Å². The van der Waals surface area contributed by atoms with E-state index in [0.29, 0.717) is 0 Å². The van der Waals surface area contributed by atoms with Crippen molar-refractivity contribution < 1.29 is 22.3 Å². The number of carbonyl (C=O) groups excluding carboxylic acids is 1. The molecular formula is C12H18FN3O4S. The van der Waals surface area contributed by atoms with Gasteiger partial charge in [0.05, 0.1) is 23.7 Å². The topological polar surface area (TPSA) is 102 Å². The lowest BCUT2D eigenvalue weighted by Crippen LogP contribution is -2.44. The highest BCUT2D eigenvalue weighted by Crippen LogP contribution is 2.28. The largest absolute Gasteiger partial charge is 0.492 e. The Kier molecular flexibility index (Phi) is 5.13. The van der Waals surface area contributed by atoms with Crippen molar-refractivity contribution in [2.45, 2.75) is 17.9 Å². The molecule has 0 radical (unpaired) electrons. The highest BCUT2D eigenvalue weighted by molar-refractivity contribution is 7.89. The number of sulfonamides is 1. The van der Waals surface area contributed by atoms with Gasteiger partial charge in [-0.2, -0.15) is 4.72 Å². The van der Waals surface area contributed by atoms with Gasteiger partial charge >= 0.3 is 0 Å². The van der Waals surface area contributed by atoms with Gasteiger partial charge < -0.3 is 15.4 Å². The van der Waals surface area contributed by atoms with Crippen molar-refractivity contribution in [3.63, 3.8) is 0 Å². The molecule has 0 bridgehead atoms. The summed E-state index contributed by atoms with van der Waals surface area (Å²) in [7, 11) is 0.137. The lowest BCUT2D eigenvalue weighted by molar-refractivity contribution is -0.130. The smallest absolute Gasteiger partial charge is 0.241 e. The Bertz CT molecular complexity index is 623. The Hall–Kier alpha value is -1.87. The lowest BCUT2D eigenvalue weighted by Gasteiger charge is -2.18. The van der Waals surface area contributed by atoms with Crippen molar-refractivity contribution >= 4 is 21.6 Å². The van der Waals surface area contributed by atoms with E-state index in [1.165, 1.54) is 33.0 Å². The average molecular weight is 319 g/mol. The van der Waals surface area contributed by atoms with Gasteiger partial charge in [-0.05, 0) is 19.1 Å². The Morgan fingerprint density at radius 3 is 2.43 bits per heavy atom. The monoisotopic (exact) mass is 319 g/mol. The molecule has 3 N–H and O–H groups in total. The Labute approximate surface area is 122 Å². The number of benzene rings is 1. The summed E-state index contributed by atoms with van der Waals surface area (Å²) in [4.78, 5) is 12.5. The number of nitrogen functional groups attached to an aromatic ring is 1. The van der Waals surface area contributed by atoms with Crippen molar-refractivity contribution in [3.8, 4) is 5.75 Å². The van der Waals surface area contributed by atoms with Crippen LogP contribution in [0.25, 0.3) is 0 Å². The number of anilines is 1. The molecule has 0 fully saturated rings. The van der Waals surface area contributed by atoms with Crippen molar-refractivity contribution in [3.05, 3.63) is 17.9 Å². The second-order valence-electron chi connectivity index (χ2n) is 4.60. The van der Waals surface area contributed by atoms with E-state index in [4.69, 9.17) is 10.5 Å². The quantitative estimate of drug-likeness (QED) is 0.753. The molecule has 0 saturated heterocycles. The predicted molar refractivity (Wildman–Crippen MR) is 75.8 cm³/mol. The fourth-order valence-corrected chi connectivity index (χ4v) is 2.94. The van der Waals surface area contributed by atoms with E-state index < -0.39 is 27.8 Å². The molecule has 0 saturated carbocycles. The van der Waals surface area contributed by atoms with Crippen LogP contribution in [0.1, 0.15) is 6.92 Å². The maximum absolute atomic E-state index is 13.7. The fraction of sp³-hybridized carbons (Fsp3) is 0.417. The number of methoxy groups -OCH3 is 1. The van der Waals surface area contributed by atoms with Gasteiger partial charge in [-0.1, -0.05) is 0 Å². The first-order valence-corrected chi connectivity index (χ1v) is 7.45. The summed E-state index contributed by atoms with van der Waals surface area (Å²) in [6, 6.07) is 0.859. The molecule has 0 aliphatic carbocycles. The van der Waals surface area contributed by atoms with Gasteiger partial charge in [0, 0.05) is 14.1 Å². The molecule has 1 atom stereocenters. The first kappa shape index (κ1) is 17.2. The van der Waals surface area contributed by atoms with Crippen LogP contribution in [0.3, 0.4) is 0 Å². The molecule has 0 aliphatic heterocycles. The number of rotatable bonds is 5. The minimum atomic E-state index is -4.08. The van der Waals surface area contributed by atoms with E-state index in [0.717, 1.165) is 12.1 Å². The molecule has 0 spiro atoms.